The summed E-state index contributed by atoms with van der Waals surface area (Å²) in [6.45, 7) is 2.15. The molecular weight excluding hydrogens is 168 g/mol. The summed E-state index contributed by atoms with van der Waals surface area (Å²) in [5.74, 6) is 1.31. The van der Waals surface area contributed by atoms with Crippen LogP contribution in [0.1, 0.15) is 5.56 Å². The van der Waals surface area contributed by atoms with Gasteiger partial charge in [0.05, 0.1) is 0 Å². The number of hydrogen-bond acceptors (Lipinski definition) is 3. The van der Waals surface area contributed by atoms with Gasteiger partial charge in [-0.2, -0.15) is 0 Å². The third-order valence-corrected chi connectivity index (χ3v) is 1.94. The Hall–Kier alpha value is -1.51. The van der Waals surface area contributed by atoms with Crippen LogP contribution in [0.4, 0.5) is 0 Å². The standard InChI is InChI=1S/C10H10O3/c1-7-3-2-4-9-10(7)13-6-8(11)5-12-9/h2-4H,5-6H2,1H3. The van der Waals surface area contributed by atoms with Gasteiger partial charge in [0.2, 0.25) is 5.78 Å². The molecule has 0 saturated heterocycles. The van der Waals surface area contributed by atoms with Crippen LogP contribution in [0.2, 0.25) is 0 Å². The number of benzene rings is 1. The van der Waals surface area contributed by atoms with Gasteiger partial charge >= 0.3 is 0 Å². The highest BCUT2D eigenvalue weighted by atomic mass is 16.5. The Morgan fingerprint density at radius 2 is 2.00 bits per heavy atom. The van der Waals surface area contributed by atoms with Gasteiger partial charge in [0.15, 0.2) is 24.7 Å². The maximum Gasteiger partial charge on any atom is 0.207 e. The Kier molecular flexibility index (Phi) is 1.93. The normalized spacial score (nSPS) is 15.3. The van der Waals surface area contributed by atoms with Crippen LogP contribution in [0.15, 0.2) is 18.2 Å². The zero-order valence-corrected chi connectivity index (χ0v) is 7.37. The summed E-state index contributed by atoms with van der Waals surface area (Å²) in [6.07, 6.45) is 0. The highest BCUT2D eigenvalue weighted by molar-refractivity contribution is 5.82. The van der Waals surface area contributed by atoms with Gasteiger partial charge in [-0.3, -0.25) is 4.79 Å². The van der Waals surface area contributed by atoms with Crippen LogP contribution < -0.4 is 9.47 Å². The SMILES string of the molecule is Cc1cccc2c1OCC(=O)CO2. The van der Waals surface area contributed by atoms with Crippen molar-refractivity contribution in [1.29, 1.82) is 0 Å². The van der Waals surface area contributed by atoms with Gasteiger partial charge in [0.1, 0.15) is 0 Å². The summed E-state index contributed by atoms with van der Waals surface area (Å²) in [7, 11) is 0. The van der Waals surface area contributed by atoms with Crippen molar-refractivity contribution in [2.75, 3.05) is 13.2 Å². The van der Waals surface area contributed by atoms with Gasteiger partial charge in [-0.25, -0.2) is 0 Å². The first-order valence-corrected chi connectivity index (χ1v) is 4.14. The molecule has 0 spiro atoms. The molecule has 3 heteroatoms. The van der Waals surface area contributed by atoms with Crippen LogP contribution in [-0.4, -0.2) is 19.0 Å². The van der Waals surface area contributed by atoms with Crippen LogP contribution in [0.5, 0.6) is 11.5 Å². The maximum atomic E-state index is 11.0. The molecule has 1 aliphatic heterocycles. The summed E-state index contributed by atoms with van der Waals surface area (Å²) in [5, 5.41) is 0. The molecule has 0 bridgehead atoms. The molecular formula is C10H10O3. The molecule has 2 rings (SSSR count). The number of hydrogen-bond donors (Lipinski definition) is 0. The van der Waals surface area contributed by atoms with Crippen molar-refractivity contribution in [3.05, 3.63) is 23.8 Å². The van der Waals surface area contributed by atoms with E-state index in [0.717, 1.165) is 5.56 Å². The van der Waals surface area contributed by atoms with Crippen LogP contribution in [0.25, 0.3) is 0 Å². The zero-order valence-electron chi connectivity index (χ0n) is 7.37. The smallest absolute Gasteiger partial charge is 0.207 e. The molecule has 68 valence electrons. The molecule has 0 fully saturated rings. The summed E-state index contributed by atoms with van der Waals surface area (Å²) < 4.78 is 10.6. The van der Waals surface area contributed by atoms with E-state index in [-0.39, 0.29) is 19.0 Å². The summed E-state index contributed by atoms with van der Waals surface area (Å²) in [5.41, 5.74) is 0.993. The summed E-state index contributed by atoms with van der Waals surface area (Å²) in [6, 6.07) is 5.62. The van der Waals surface area contributed by atoms with E-state index in [1.807, 2.05) is 19.1 Å². The number of aryl methyl sites for hydroxylation is 1. The van der Waals surface area contributed by atoms with Gasteiger partial charge in [-0.05, 0) is 18.6 Å². The average molecular weight is 178 g/mol. The predicted octanol–water partition coefficient (Wildman–Crippen LogP) is 1.34. The first kappa shape index (κ1) is 8.10. The van der Waals surface area contributed by atoms with E-state index in [2.05, 4.69) is 0 Å². The molecule has 0 atom stereocenters. The van der Waals surface area contributed by atoms with Gasteiger partial charge in [-0.15, -0.1) is 0 Å². The lowest BCUT2D eigenvalue weighted by molar-refractivity contribution is -0.122. The van der Waals surface area contributed by atoms with Crippen molar-refractivity contribution in [2.45, 2.75) is 6.92 Å². The van der Waals surface area contributed by atoms with E-state index in [9.17, 15) is 4.79 Å². The Labute approximate surface area is 76.3 Å². The second-order valence-corrected chi connectivity index (χ2v) is 3.02. The molecule has 1 aromatic rings. The topological polar surface area (TPSA) is 35.5 Å². The molecule has 0 unspecified atom stereocenters. The molecule has 0 N–H and O–H groups in total. The molecule has 0 aliphatic carbocycles. The molecule has 0 amide bonds. The highest BCUT2D eigenvalue weighted by Gasteiger charge is 2.15. The van der Waals surface area contributed by atoms with Gasteiger partial charge in [-0.1, -0.05) is 12.1 Å². The molecule has 3 nitrogen and oxygen atoms in total. The number of fused-ring (bicyclic) bond motifs is 1. The fraction of sp³-hybridized carbons (Fsp3) is 0.300. The monoisotopic (exact) mass is 178 g/mol. The van der Waals surface area contributed by atoms with Crippen molar-refractivity contribution in [3.63, 3.8) is 0 Å². The largest absolute Gasteiger partial charge is 0.482 e. The molecule has 1 aromatic carbocycles. The molecule has 1 heterocycles. The number of carbonyl (C=O) groups excluding carboxylic acids is 1. The second kappa shape index (κ2) is 3.09. The summed E-state index contributed by atoms with van der Waals surface area (Å²) >= 11 is 0. The van der Waals surface area contributed by atoms with E-state index in [0.29, 0.717) is 11.5 Å². The first-order valence-electron chi connectivity index (χ1n) is 4.14. The van der Waals surface area contributed by atoms with E-state index >= 15 is 0 Å². The quantitative estimate of drug-likeness (QED) is 0.601. The second-order valence-electron chi connectivity index (χ2n) is 3.02. The fourth-order valence-corrected chi connectivity index (χ4v) is 1.28. The van der Waals surface area contributed by atoms with E-state index < -0.39 is 0 Å². The Morgan fingerprint density at radius 3 is 2.85 bits per heavy atom. The van der Waals surface area contributed by atoms with Crippen LogP contribution in [0, 0.1) is 6.92 Å². The van der Waals surface area contributed by atoms with Gasteiger partial charge in [0, 0.05) is 0 Å². The Balaban J connectivity index is 2.40. The number of carbonyl (C=O) groups is 1. The minimum absolute atomic E-state index is 0.0319. The lowest BCUT2D eigenvalue weighted by Crippen LogP contribution is -2.15. The number of para-hydroxylation sites is 1. The number of ether oxygens (including phenoxy) is 2. The molecule has 0 aromatic heterocycles. The molecule has 0 radical (unpaired) electrons. The lowest BCUT2D eigenvalue weighted by Gasteiger charge is -2.07. The number of ketones is 1. The molecule has 0 saturated carbocycles. The number of rotatable bonds is 0. The third-order valence-electron chi connectivity index (χ3n) is 1.94. The minimum atomic E-state index is -0.0319. The summed E-state index contributed by atoms with van der Waals surface area (Å²) in [4.78, 5) is 11.0. The van der Waals surface area contributed by atoms with Crippen molar-refractivity contribution in [1.82, 2.24) is 0 Å². The molecule has 13 heavy (non-hydrogen) atoms. The highest BCUT2D eigenvalue weighted by Crippen LogP contribution is 2.31. The Morgan fingerprint density at radius 1 is 1.23 bits per heavy atom. The Bertz CT molecular complexity index is 344. The average Bonchev–Trinajstić information content (AvgIpc) is 2.30. The van der Waals surface area contributed by atoms with E-state index in [1.54, 1.807) is 6.07 Å². The van der Waals surface area contributed by atoms with Crippen molar-refractivity contribution in [2.24, 2.45) is 0 Å². The van der Waals surface area contributed by atoms with Crippen molar-refractivity contribution in [3.8, 4) is 11.5 Å². The molecule has 1 aliphatic rings. The van der Waals surface area contributed by atoms with Crippen molar-refractivity contribution >= 4 is 5.78 Å². The van der Waals surface area contributed by atoms with Crippen LogP contribution >= 0.6 is 0 Å². The maximum absolute atomic E-state index is 11.0. The first-order chi connectivity index (χ1) is 6.27. The zero-order chi connectivity index (χ0) is 9.26. The third kappa shape index (κ3) is 1.49. The van der Waals surface area contributed by atoms with Gasteiger partial charge < -0.3 is 9.47 Å². The lowest BCUT2D eigenvalue weighted by atomic mass is 10.2. The van der Waals surface area contributed by atoms with E-state index in [1.165, 1.54) is 0 Å². The van der Waals surface area contributed by atoms with Crippen molar-refractivity contribution < 1.29 is 14.3 Å². The van der Waals surface area contributed by atoms with Crippen LogP contribution in [-0.2, 0) is 4.79 Å². The predicted molar refractivity (Wildman–Crippen MR) is 47.2 cm³/mol. The van der Waals surface area contributed by atoms with E-state index in [4.69, 9.17) is 9.47 Å². The van der Waals surface area contributed by atoms with Gasteiger partial charge in [0.25, 0.3) is 0 Å². The number of Topliss-reactive ketones (excluding diaryl/α,β-unsaturated/α-hetero) is 1. The minimum Gasteiger partial charge on any atom is -0.482 e. The van der Waals surface area contributed by atoms with Crippen LogP contribution in [0.3, 0.4) is 0 Å². The fourth-order valence-electron chi connectivity index (χ4n) is 1.28.